The van der Waals surface area contributed by atoms with Gasteiger partial charge in [0.1, 0.15) is 5.76 Å². The molecule has 0 unspecified atom stereocenters. The number of aromatic nitrogens is 1. The van der Waals surface area contributed by atoms with Crippen molar-refractivity contribution >= 4 is 0 Å². The molecular formula is C18H28N2O3. The van der Waals surface area contributed by atoms with Crippen LogP contribution in [0, 0.1) is 18.3 Å². The minimum absolute atomic E-state index is 0.171. The summed E-state index contributed by atoms with van der Waals surface area (Å²) in [7, 11) is 0. The second kappa shape index (κ2) is 6.54. The molecule has 1 saturated carbocycles. The third kappa shape index (κ3) is 3.62. The summed E-state index contributed by atoms with van der Waals surface area (Å²) in [4.78, 5) is 2.50. The molecule has 5 heteroatoms. The number of fused-ring (bicyclic) bond motifs is 1. The first-order valence-corrected chi connectivity index (χ1v) is 9.07. The van der Waals surface area contributed by atoms with Crippen LogP contribution in [0.3, 0.4) is 0 Å². The van der Waals surface area contributed by atoms with E-state index in [1.165, 1.54) is 19.3 Å². The number of rotatable bonds is 6. The van der Waals surface area contributed by atoms with Gasteiger partial charge in [0, 0.05) is 44.3 Å². The van der Waals surface area contributed by atoms with E-state index in [4.69, 9.17) is 14.0 Å². The van der Waals surface area contributed by atoms with E-state index in [-0.39, 0.29) is 5.41 Å². The van der Waals surface area contributed by atoms with Gasteiger partial charge in [0.2, 0.25) is 0 Å². The SMILES string of the molecule is Cc1cc(CN2CC[C@@H]3OCCC[C@@]3(COCC3CC3)C2)no1. The quantitative estimate of drug-likeness (QED) is 0.806. The van der Waals surface area contributed by atoms with Gasteiger partial charge in [-0.3, -0.25) is 4.90 Å². The van der Waals surface area contributed by atoms with Crippen molar-refractivity contribution in [1.82, 2.24) is 10.1 Å². The van der Waals surface area contributed by atoms with Gasteiger partial charge in [-0.15, -0.1) is 0 Å². The van der Waals surface area contributed by atoms with Gasteiger partial charge in [-0.1, -0.05) is 5.16 Å². The number of nitrogens with zero attached hydrogens (tertiary/aromatic N) is 2. The highest BCUT2D eigenvalue weighted by Crippen LogP contribution is 2.41. The largest absolute Gasteiger partial charge is 0.380 e. The average molecular weight is 320 g/mol. The van der Waals surface area contributed by atoms with Crippen molar-refractivity contribution in [3.63, 3.8) is 0 Å². The van der Waals surface area contributed by atoms with E-state index in [0.29, 0.717) is 6.10 Å². The lowest BCUT2D eigenvalue weighted by molar-refractivity contribution is -0.154. The van der Waals surface area contributed by atoms with Crippen LogP contribution < -0.4 is 0 Å². The molecule has 128 valence electrons. The molecule has 0 aromatic carbocycles. The topological polar surface area (TPSA) is 47.7 Å². The van der Waals surface area contributed by atoms with Crippen LogP contribution in [0.25, 0.3) is 0 Å². The normalized spacial score (nSPS) is 32.0. The van der Waals surface area contributed by atoms with Crippen LogP contribution in [-0.4, -0.2) is 49.1 Å². The Kier molecular flexibility index (Phi) is 4.43. The smallest absolute Gasteiger partial charge is 0.133 e. The van der Waals surface area contributed by atoms with Crippen LogP contribution in [0.1, 0.15) is 43.6 Å². The van der Waals surface area contributed by atoms with Gasteiger partial charge in [-0.25, -0.2) is 0 Å². The minimum atomic E-state index is 0.171. The third-order valence-corrected chi connectivity index (χ3v) is 5.57. The lowest BCUT2D eigenvalue weighted by Gasteiger charge is -2.50. The summed E-state index contributed by atoms with van der Waals surface area (Å²) in [6.45, 7) is 7.64. The number of hydrogen-bond donors (Lipinski definition) is 0. The Morgan fingerprint density at radius 3 is 3.09 bits per heavy atom. The maximum Gasteiger partial charge on any atom is 0.133 e. The molecule has 3 heterocycles. The summed E-state index contributed by atoms with van der Waals surface area (Å²) in [5.41, 5.74) is 1.20. The first-order chi connectivity index (χ1) is 11.2. The number of hydrogen-bond acceptors (Lipinski definition) is 5. The van der Waals surface area contributed by atoms with Gasteiger partial charge in [-0.05, 0) is 44.9 Å². The molecule has 2 atom stereocenters. The number of aryl methyl sites for hydroxylation is 1. The number of piperidine rings is 1. The molecule has 1 aromatic heterocycles. The van der Waals surface area contributed by atoms with Gasteiger partial charge in [0.05, 0.1) is 18.4 Å². The van der Waals surface area contributed by atoms with Crippen LogP contribution in [-0.2, 0) is 16.0 Å². The predicted molar refractivity (Wildman–Crippen MR) is 86.1 cm³/mol. The Balaban J connectivity index is 1.40. The molecule has 0 spiro atoms. The van der Waals surface area contributed by atoms with Crippen LogP contribution in [0.4, 0.5) is 0 Å². The molecule has 1 aliphatic carbocycles. The molecule has 4 rings (SSSR count). The molecule has 23 heavy (non-hydrogen) atoms. The van der Waals surface area contributed by atoms with Gasteiger partial charge in [0.15, 0.2) is 0 Å². The second-order valence-electron chi connectivity index (χ2n) is 7.71. The summed E-state index contributed by atoms with van der Waals surface area (Å²) in [5.74, 6) is 1.71. The summed E-state index contributed by atoms with van der Waals surface area (Å²) >= 11 is 0. The van der Waals surface area contributed by atoms with Gasteiger partial charge in [0.25, 0.3) is 0 Å². The van der Waals surface area contributed by atoms with Crippen LogP contribution in [0.15, 0.2) is 10.6 Å². The highest BCUT2D eigenvalue weighted by atomic mass is 16.5. The van der Waals surface area contributed by atoms with Crippen LogP contribution in [0.2, 0.25) is 0 Å². The first-order valence-electron chi connectivity index (χ1n) is 9.07. The molecular weight excluding hydrogens is 292 g/mol. The standard InChI is InChI=1S/C18H28N2O3/c1-14-9-16(19-23-14)10-20-7-5-17-18(12-20,6-2-8-22-17)13-21-11-15-3-4-15/h9,15,17H,2-8,10-13H2,1H3/t17-,18-/m0/s1. The van der Waals surface area contributed by atoms with Gasteiger partial charge in [-0.2, -0.15) is 0 Å². The van der Waals surface area contributed by atoms with Crippen molar-refractivity contribution in [1.29, 1.82) is 0 Å². The Morgan fingerprint density at radius 1 is 1.39 bits per heavy atom. The highest BCUT2D eigenvalue weighted by Gasteiger charge is 2.46. The number of ether oxygens (including phenoxy) is 2. The zero-order valence-corrected chi connectivity index (χ0v) is 14.1. The van der Waals surface area contributed by atoms with E-state index < -0.39 is 0 Å². The zero-order valence-electron chi connectivity index (χ0n) is 14.1. The maximum absolute atomic E-state index is 6.12. The molecule has 0 N–H and O–H groups in total. The Hall–Kier alpha value is -0.910. The predicted octanol–water partition coefficient (Wildman–Crippen LogP) is 2.78. The van der Waals surface area contributed by atoms with Crippen LogP contribution in [0.5, 0.6) is 0 Å². The van der Waals surface area contributed by atoms with E-state index in [1.54, 1.807) is 0 Å². The molecule has 1 aromatic rings. The molecule has 5 nitrogen and oxygen atoms in total. The summed E-state index contributed by atoms with van der Waals surface area (Å²) < 4.78 is 17.4. The van der Waals surface area contributed by atoms with Crippen LogP contribution >= 0.6 is 0 Å². The van der Waals surface area contributed by atoms with E-state index in [1.807, 2.05) is 13.0 Å². The van der Waals surface area contributed by atoms with Gasteiger partial charge >= 0.3 is 0 Å². The Labute approximate surface area is 138 Å². The first kappa shape index (κ1) is 15.6. The fraction of sp³-hybridized carbons (Fsp3) is 0.833. The Bertz CT molecular complexity index is 528. The monoisotopic (exact) mass is 320 g/mol. The fourth-order valence-electron chi connectivity index (χ4n) is 4.16. The Morgan fingerprint density at radius 2 is 2.30 bits per heavy atom. The van der Waals surface area contributed by atoms with E-state index in [9.17, 15) is 0 Å². The second-order valence-corrected chi connectivity index (χ2v) is 7.71. The summed E-state index contributed by atoms with van der Waals surface area (Å²) in [6.07, 6.45) is 6.54. The molecule has 3 aliphatic rings. The molecule has 2 aliphatic heterocycles. The minimum Gasteiger partial charge on any atom is -0.380 e. The molecule has 0 amide bonds. The van der Waals surface area contributed by atoms with Crippen molar-refractivity contribution in [3.8, 4) is 0 Å². The average Bonchev–Trinajstić information content (AvgIpc) is 3.28. The van der Waals surface area contributed by atoms with Crippen molar-refractivity contribution in [2.24, 2.45) is 11.3 Å². The van der Waals surface area contributed by atoms with E-state index >= 15 is 0 Å². The van der Waals surface area contributed by atoms with E-state index in [0.717, 1.165) is 69.7 Å². The van der Waals surface area contributed by atoms with Gasteiger partial charge < -0.3 is 14.0 Å². The number of likely N-dealkylation sites (tertiary alicyclic amines) is 1. The van der Waals surface area contributed by atoms with Crippen molar-refractivity contribution in [3.05, 3.63) is 17.5 Å². The van der Waals surface area contributed by atoms with E-state index in [2.05, 4.69) is 10.1 Å². The molecule has 0 radical (unpaired) electrons. The molecule has 2 saturated heterocycles. The van der Waals surface area contributed by atoms with Crippen molar-refractivity contribution in [2.75, 3.05) is 32.9 Å². The fourth-order valence-corrected chi connectivity index (χ4v) is 4.16. The third-order valence-electron chi connectivity index (χ3n) is 5.57. The van der Waals surface area contributed by atoms with Crippen molar-refractivity contribution in [2.45, 2.75) is 51.7 Å². The highest BCUT2D eigenvalue weighted by molar-refractivity contribution is 5.05. The lowest BCUT2D eigenvalue weighted by atomic mass is 9.73. The zero-order chi connectivity index (χ0) is 15.7. The summed E-state index contributed by atoms with van der Waals surface area (Å²) in [6, 6.07) is 2.04. The maximum atomic E-state index is 6.12. The summed E-state index contributed by atoms with van der Waals surface area (Å²) in [5, 5.41) is 4.15. The van der Waals surface area contributed by atoms with Crippen molar-refractivity contribution < 1.29 is 14.0 Å². The molecule has 0 bridgehead atoms. The molecule has 3 fully saturated rings. The lowest BCUT2D eigenvalue weighted by Crippen LogP contribution is -2.56.